The van der Waals surface area contributed by atoms with Crippen molar-refractivity contribution in [2.75, 3.05) is 12.4 Å². The summed E-state index contributed by atoms with van der Waals surface area (Å²) < 4.78 is 41.1. The molecule has 7 nitrogen and oxygen atoms in total. The van der Waals surface area contributed by atoms with Gasteiger partial charge in [-0.3, -0.25) is 4.79 Å². The first-order chi connectivity index (χ1) is 14.4. The molecular weight excluding hydrogens is 443 g/mol. The standard InChI is InChI=1S/C19H15Cl2F2N3O4/c1-28-16-9-11(5-6-15(16)30-19(22)23)24-18(27)14-7-8-26(25-14)10-29-17-12(20)3-2-4-13(17)21/h2-9,19H,10H2,1H3,(H,24,27). The second kappa shape index (κ2) is 9.64. The van der Waals surface area contributed by atoms with E-state index in [1.807, 2.05) is 0 Å². The van der Waals surface area contributed by atoms with Crippen LogP contribution in [0.1, 0.15) is 10.5 Å². The molecule has 1 heterocycles. The summed E-state index contributed by atoms with van der Waals surface area (Å²) in [6.45, 7) is -3.02. The second-order valence-corrected chi connectivity index (χ2v) is 6.58. The molecule has 1 amide bonds. The molecule has 0 saturated carbocycles. The summed E-state index contributed by atoms with van der Waals surface area (Å²) in [6.07, 6.45) is 1.54. The summed E-state index contributed by atoms with van der Waals surface area (Å²) in [5.41, 5.74) is 0.419. The number of hydrogen-bond donors (Lipinski definition) is 1. The van der Waals surface area contributed by atoms with Gasteiger partial charge in [0.2, 0.25) is 0 Å². The van der Waals surface area contributed by atoms with Gasteiger partial charge in [0.25, 0.3) is 5.91 Å². The van der Waals surface area contributed by atoms with Gasteiger partial charge >= 0.3 is 6.61 Å². The van der Waals surface area contributed by atoms with Gasteiger partial charge in [0.1, 0.15) is 0 Å². The van der Waals surface area contributed by atoms with Crippen LogP contribution >= 0.6 is 23.2 Å². The normalized spacial score (nSPS) is 10.7. The van der Waals surface area contributed by atoms with Gasteiger partial charge in [-0.1, -0.05) is 29.3 Å². The highest BCUT2D eigenvalue weighted by molar-refractivity contribution is 6.37. The molecule has 1 N–H and O–H groups in total. The molecule has 0 aliphatic rings. The molecule has 0 unspecified atom stereocenters. The van der Waals surface area contributed by atoms with Crippen LogP contribution in [0.15, 0.2) is 48.7 Å². The highest BCUT2D eigenvalue weighted by Gasteiger charge is 2.15. The third-order valence-corrected chi connectivity index (χ3v) is 4.37. The summed E-state index contributed by atoms with van der Waals surface area (Å²) in [4.78, 5) is 12.4. The van der Waals surface area contributed by atoms with Crippen molar-refractivity contribution in [1.29, 1.82) is 0 Å². The molecule has 1 aromatic heterocycles. The average Bonchev–Trinajstić information content (AvgIpc) is 3.17. The average molecular weight is 458 g/mol. The smallest absolute Gasteiger partial charge is 0.387 e. The Labute approximate surface area is 180 Å². The number of amides is 1. The molecule has 158 valence electrons. The minimum absolute atomic E-state index is 0.0236. The Bertz CT molecular complexity index is 1030. The molecule has 2 aromatic carbocycles. The maximum Gasteiger partial charge on any atom is 0.387 e. The van der Waals surface area contributed by atoms with Crippen LogP contribution in [0.4, 0.5) is 14.5 Å². The molecule has 0 fully saturated rings. The Balaban J connectivity index is 1.65. The number of benzene rings is 2. The van der Waals surface area contributed by atoms with Gasteiger partial charge in [0.05, 0.1) is 17.2 Å². The van der Waals surface area contributed by atoms with Crippen molar-refractivity contribution in [3.63, 3.8) is 0 Å². The fraction of sp³-hybridized carbons (Fsp3) is 0.158. The number of carbonyl (C=O) groups excluding carboxylic acids is 1. The van der Waals surface area contributed by atoms with Crippen molar-refractivity contribution in [2.45, 2.75) is 13.3 Å². The van der Waals surface area contributed by atoms with E-state index in [1.165, 1.54) is 36.1 Å². The Morgan fingerprint density at radius 3 is 2.57 bits per heavy atom. The predicted molar refractivity (Wildman–Crippen MR) is 107 cm³/mol. The number of halogens is 4. The number of ether oxygens (including phenoxy) is 3. The maximum atomic E-state index is 12.4. The molecule has 3 aromatic rings. The van der Waals surface area contributed by atoms with Crippen LogP contribution in [-0.4, -0.2) is 29.4 Å². The monoisotopic (exact) mass is 457 g/mol. The third-order valence-electron chi connectivity index (χ3n) is 3.77. The van der Waals surface area contributed by atoms with Crippen molar-refractivity contribution in [3.05, 3.63) is 64.4 Å². The molecule has 0 radical (unpaired) electrons. The van der Waals surface area contributed by atoms with Crippen LogP contribution in [0, 0.1) is 0 Å². The van der Waals surface area contributed by atoms with Gasteiger partial charge < -0.3 is 19.5 Å². The largest absolute Gasteiger partial charge is 0.493 e. The van der Waals surface area contributed by atoms with E-state index in [4.69, 9.17) is 32.7 Å². The Kier molecular flexibility index (Phi) is 6.96. The quantitative estimate of drug-likeness (QED) is 0.509. The summed E-state index contributed by atoms with van der Waals surface area (Å²) in [7, 11) is 1.30. The van der Waals surface area contributed by atoms with Gasteiger partial charge in [-0.25, -0.2) is 4.68 Å². The van der Waals surface area contributed by atoms with Crippen LogP contribution in [-0.2, 0) is 6.73 Å². The minimum Gasteiger partial charge on any atom is -0.493 e. The zero-order valence-corrected chi connectivity index (χ0v) is 17.0. The van der Waals surface area contributed by atoms with E-state index >= 15 is 0 Å². The lowest BCUT2D eigenvalue weighted by Crippen LogP contribution is -2.14. The number of nitrogens with zero attached hydrogens (tertiary/aromatic N) is 2. The number of aromatic nitrogens is 2. The molecule has 0 spiro atoms. The van der Waals surface area contributed by atoms with E-state index in [1.54, 1.807) is 24.4 Å². The van der Waals surface area contributed by atoms with Crippen molar-refractivity contribution in [3.8, 4) is 17.2 Å². The molecule has 0 aliphatic heterocycles. The van der Waals surface area contributed by atoms with Crippen molar-refractivity contribution in [2.24, 2.45) is 0 Å². The Morgan fingerprint density at radius 2 is 1.90 bits per heavy atom. The fourth-order valence-corrected chi connectivity index (χ4v) is 2.95. The summed E-state index contributed by atoms with van der Waals surface area (Å²) in [5.74, 6) is -0.316. The molecule has 0 aliphatic carbocycles. The highest BCUT2D eigenvalue weighted by Crippen LogP contribution is 2.33. The first kappa shape index (κ1) is 21.7. The number of carbonyl (C=O) groups is 1. The van der Waals surface area contributed by atoms with Crippen molar-refractivity contribution < 1.29 is 27.8 Å². The van der Waals surface area contributed by atoms with E-state index in [9.17, 15) is 13.6 Å². The molecule has 0 saturated heterocycles. The first-order valence-electron chi connectivity index (χ1n) is 8.42. The van der Waals surface area contributed by atoms with E-state index < -0.39 is 12.5 Å². The number of para-hydroxylation sites is 1. The van der Waals surface area contributed by atoms with E-state index in [0.717, 1.165) is 0 Å². The Hall–Kier alpha value is -3.04. The van der Waals surface area contributed by atoms with Crippen LogP contribution in [0.2, 0.25) is 10.0 Å². The minimum atomic E-state index is -2.99. The van der Waals surface area contributed by atoms with Crippen molar-refractivity contribution >= 4 is 34.8 Å². The number of rotatable bonds is 8. The number of hydrogen-bond acceptors (Lipinski definition) is 5. The molecule has 0 bridgehead atoms. The van der Waals surface area contributed by atoms with Gasteiger partial charge in [-0.05, 0) is 30.3 Å². The number of anilines is 1. The SMILES string of the molecule is COc1cc(NC(=O)c2ccn(COc3c(Cl)cccc3Cl)n2)ccc1OC(F)F. The summed E-state index contributed by atoms with van der Waals surface area (Å²) in [6, 6.07) is 10.5. The van der Waals surface area contributed by atoms with Gasteiger partial charge in [0.15, 0.2) is 29.7 Å². The molecule has 3 rings (SSSR count). The lowest BCUT2D eigenvalue weighted by atomic mass is 10.2. The molecule has 11 heteroatoms. The summed E-state index contributed by atoms with van der Waals surface area (Å²) >= 11 is 12.1. The van der Waals surface area contributed by atoms with E-state index in [0.29, 0.717) is 21.5 Å². The highest BCUT2D eigenvalue weighted by atomic mass is 35.5. The van der Waals surface area contributed by atoms with Crippen molar-refractivity contribution in [1.82, 2.24) is 9.78 Å². The fourth-order valence-electron chi connectivity index (χ4n) is 2.44. The third kappa shape index (κ3) is 5.31. The Morgan fingerprint density at radius 1 is 1.17 bits per heavy atom. The van der Waals surface area contributed by atoms with Crippen LogP contribution in [0.25, 0.3) is 0 Å². The molecular formula is C19H15Cl2F2N3O4. The van der Waals surface area contributed by atoms with Crippen LogP contribution in [0.5, 0.6) is 17.2 Å². The molecule has 0 atom stereocenters. The second-order valence-electron chi connectivity index (χ2n) is 5.76. The predicted octanol–water partition coefficient (Wildman–Crippen LogP) is 5.09. The first-order valence-corrected chi connectivity index (χ1v) is 9.17. The van der Waals surface area contributed by atoms with E-state index in [-0.39, 0.29) is 23.9 Å². The lowest BCUT2D eigenvalue weighted by molar-refractivity contribution is -0.0512. The summed E-state index contributed by atoms with van der Waals surface area (Å²) in [5, 5.41) is 7.41. The number of alkyl halides is 2. The number of nitrogens with one attached hydrogen (secondary N) is 1. The zero-order valence-electron chi connectivity index (χ0n) is 15.4. The lowest BCUT2D eigenvalue weighted by Gasteiger charge is -2.11. The van der Waals surface area contributed by atoms with E-state index in [2.05, 4.69) is 15.2 Å². The zero-order chi connectivity index (χ0) is 21.7. The van der Waals surface area contributed by atoms with Crippen LogP contribution in [0.3, 0.4) is 0 Å². The van der Waals surface area contributed by atoms with Gasteiger partial charge in [-0.15, -0.1) is 0 Å². The molecule has 30 heavy (non-hydrogen) atoms. The maximum absolute atomic E-state index is 12.4. The number of methoxy groups -OCH3 is 1. The van der Waals surface area contributed by atoms with Gasteiger partial charge in [0, 0.05) is 18.0 Å². The van der Waals surface area contributed by atoms with Gasteiger partial charge in [-0.2, -0.15) is 13.9 Å². The topological polar surface area (TPSA) is 74.6 Å². The van der Waals surface area contributed by atoms with Crippen LogP contribution < -0.4 is 19.5 Å².